The van der Waals surface area contributed by atoms with Gasteiger partial charge in [0, 0.05) is 23.4 Å². The van der Waals surface area contributed by atoms with E-state index in [1.54, 1.807) is 41.3 Å². The molecule has 5 rings (SSSR count). The smallest absolute Gasteiger partial charge is 0.322 e. The number of nitrogens with one attached hydrogen (secondary N) is 3. The van der Waals surface area contributed by atoms with Gasteiger partial charge in [0.1, 0.15) is 0 Å². The SMILES string of the molecule is CC(NC(=O)N(Cc1ccc(C(=O)Nc2nn[nH]n2)cc1)c1ccc(C2=CCCCC2)cc1)c1ccc([N+](=O)[O-])cc1. The highest BCUT2D eigenvalue weighted by Gasteiger charge is 2.20. The molecule has 12 nitrogen and oxygen atoms in total. The summed E-state index contributed by atoms with van der Waals surface area (Å²) in [6, 6.07) is 20.2. The number of tetrazole rings is 1. The van der Waals surface area contributed by atoms with Gasteiger partial charge < -0.3 is 5.32 Å². The van der Waals surface area contributed by atoms with Crippen LogP contribution in [0.2, 0.25) is 0 Å². The molecule has 0 radical (unpaired) electrons. The summed E-state index contributed by atoms with van der Waals surface area (Å²) in [6.45, 7) is 2.07. The number of nitro groups is 1. The molecule has 3 aromatic carbocycles. The van der Waals surface area contributed by atoms with Gasteiger partial charge >= 0.3 is 6.03 Å². The van der Waals surface area contributed by atoms with Gasteiger partial charge in [0.25, 0.3) is 17.5 Å². The lowest BCUT2D eigenvalue weighted by atomic mass is 9.93. The van der Waals surface area contributed by atoms with Gasteiger partial charge in [0.2, 0.25) is 0 Å². The Morgan fingerprint density at radius 3 is 2.38 bits per heavy atom. The van der Waals surface area contributed by atoms with Crippen LogP contribution in [0.4, 0.5) is 22.1 Å². The average molecular weight is 567 g/mol. The van der Waals surface area contributed by atoms with Crippen LogP contribution in [0, 0.1) is 10.1 Å². The topological polar surface area (TPSA) is 159 Å². The van der Waals surface area contributed by atoms with E-state index in [2.05, 4.69) is 37.3 Å². The van der Waals surface area contributed by atoms with Gasteiger partial charge in [-0.15, -0.1) is 5.10 Å². The van der Waals surface area contributed by atoms with Crippen molar-refractivity contribution < 1.29 is 14.5 Å². The van der Waals surface area contributed by atoms with Crippen molar-refractivity contribution in [3.05, 3.63) is 111 Å². The summed E-state index contributed by atoms with van der Waals surface area (Å²) in [5, 5.41) is 29.7. The van der Waals surface area contributed by atoms with Crippen LogP contribution in [0.5, 0.6) is 0 Å². The third-order valence-electron chi connectivity index (χ3n) is 7.16. The van der Waals surface area contributed by atoms with E-state index in [0.29, 0.717) is 11.3 Å². The first-order valence-corrected chi connectivity index (χ1v) is 13.6. The molecule has 0 saturated heterocycles. The number of carbonyl (C=O) groups is 2. The Morgan fingerprint density at radius 2 is 1.76 bits per heavy atom. The number of allylic oxidation sites excluding steroid dienone is 2. The third-order valence-corrected chi connectivity index (χ3v) is 7.16. The summed E-state index contributed by atoms with van der Waals surface area (Å²) in [5.74, 6) is -0.316. The molecule has 42 heavy (non-hydrogen) atoms. The fraction of sp³-hybridized carbons (Fsp3) is 0.233. The molecule has 0 fully saturated rings. The number of nitrogens with zero attached hydrogens (tertiary/aromatic N) is 5. The number of aromatic nitrogens is 4. The maximum atomic E-state index is 13.7. The fourth-order valence-electron chi connectivity index (χ4n) is 4.80. The molecule has 0 spiro atoms. The number of aromatic amines is 1. The quantitative estimate of drug-likeness (QED) is 0.171. The van der Waals surface area contributed by atoms with Crippen LogP contribution in [-0.2, 0) is 6.54 Å². The fourth-order valence-corrected chi connectivity index (χ4v) is 4.80. The van der Waals surface area contributed by atoms with Gasteiger partial charge in [-0.1, -0.05) is 47.6 Å². The largest absolute Gasteiger partial charge is 0.331 e. The first-order valence-electron chi connectivity index (χ1n) is 13.6. The minimum atomic E-state index is -0.456. The van der Waals surface area contributed by atoms with Crippen molar-refractivity contribution in [2.45, 2.75) is 45.2 Å². The standard InChI is InChI=1S/C30H30N8O4/c1-20(22-11-17-27(18-12-22)38(41)42)31-30(40)37(26-15-13-24(14-16-26)23-5-3-2-4-6-23)19-21-7-9-25(10-8-21)28(39)32-29-33-35-36-34-29/h5,7-18,20H,2-4,6,19H2,1H3,(H,31,40)(H2,32,33,34,35,36,39). The maximum absolute atomic E-state index is 13.7. The van der Waals surface area contributed by atoms with E-state index < -0.39 is 11.0 Å². The summed E-state index contributed by atoms with van der Waals surface area (Å²) in [5.41, 5.74) is 5.12. The molecular weight excluding hydrogens is 536 g/mol. The Labute approximate surface area is 242 Å². The highest BCUT2D eigenvalue weighted by Crippen LogP contribution is 2.29. The first kappa shape index (κ1) is 28.1. The molecule has 1 unspecified atom stereocenters. The van der Waals surface area contributed by atoms with Gasteiger partial charge in [-0.05, 0) is 84.3 Å². The monoisotopic (exact) mass is 566 g/mol. The van der Waals surface area contributed by atoms with Crippen molar-refractivity contribution in [1.29, 1.82) is 0 Å². The van der Waals surface area contributed by atoms with Crippen LogP contribution in [0.1, 0.15) is 65.7 Å². The highest BCUT2D eigenvalue weighted by molar-refractivity contribution is 6.03. The third kappa shape index (κ3) is 6.84. The number of benzene rings is 3. The zero-order chi connectivity index (χ0) is 29.5. The van der Waals surface area contributed by atoms with E-state index in [-0.39, 0.29) is 30.1 Å². The second kappa shape index (κ2) is 12.9. The number of rotatable bonds is 9. The summed E-state index contributed by atoms with van der Waals surface area (Å²) >= 11 is 0. The van der Waals surface area contributed by atoms with Gasteiger partial charge in [-0.25, -0.2) is 4.79 Å². The highest BCUT2D eigenvalue weighted by atomic mass is 16.6. The number of urea groups is 1. The number of non-ortho nitro benzene ring substituents is 1. The van der Waals surface area contributed by atoms with Gasteiger partial charge in [0.05, 0.1) is 17.5 Å². The number of H-pyrrole nitrogens is 1. The van der Waals surface area contributed by atoms with Crippen molar-refractivity contribution in [2.75, 3.05) is 10.2 Å². The predicted octanol–water partition coefficient (Wildman–Crippen LogP) is 5.80. The molecule has 0 aliphatic heterocycles. The van der Waals surface area contributed by atoms with Crippen LogP contribution in [0.3, 0.4) is 0 Å². The van der Waals surface area contributed by atoms with E-state index in [1.165, 1.54) is 30.5 Å². The lowest BCUT2D eigenvalue weighted by Crippen LogP contribution is -2.40. The van der Waals surface area contributed by atoms with Crippen LogP contribution in [-0.4, -0.2) is 37.5 Å². The maximum Gasteiger partial charge on any atom is 0.322 e. The minimum absolute atomic E-state index is 0.0125. The molecule has 4 aromatic rings. The van der Waals surface area contributed by atoms with Gasteiger partial charge in [0.15, 0.2) is 0 Å². The lowest BCUT2D eigenvalue weighted by Gasteiger charge is -2.26. The van der Waals surface area contributed by atoms with E-state index in [1.807, 2.05) is 31.2 Å². The molecule has 12 heteroatoms. The molecule has 0 bridgehead atoms. The minimum Gasteiger partial charge on any atom is -0.331 e. The summed E-state index contributed by atoms with van der Waals surface area (Å²) < 4.78 is 0. The van der Waals surface area contributed by atoms with Crippen molar-refractivity contribution in [3.8, 4) is 0 Å². The van der Waals surface area contributed by atoms with E-state index >= 15 is 0 Å². The van der Waals surface area contributed by atoms with Crippen molar-refractivity contribution >= 4 is 34.8 Å². The number of nitro benzene ring substituents is 1. The Morgan fingerprint density at radius 1 is 1.02 bits per heavy atom. The molecular formula is C30H30N8O4. The molecule has 1 atom stereocenters. The molecule has 1 aliphatic carbocycles. The van der Waals surface area contributed by atoms with Gasteiger partial charge in [-0.3, -0.25) is 25.1 Å². The second-order valence-electron chi connectivity index (χ2n) is 10.0. The van der Waals surface area contributed by atoms with Crippen LogP contribution in [0.15, 0.2) is 78.9 Å². The zero-order valence-electron chi connectivity index (χ0n) is 23.0. The summed E-state index contributed by atoms with van der Waals surface area (Å²) in [7, 11) is 0. The Hall–Kier alpha value is -5.39. The number of hydrogen-bond acceptors (Lipinski definition) is 7. The number of carbonyl (C=O) groups excluding carboxylic acids is 2. The van der Waals surface area contributed by atoms with Gasteiger partial charge in [-0.2, -0.15) is 5.21 Å². The van der Waals surface area contributed by atoms with Crippen LogP contribution >= 0.6 is 0 Å². The normalized spacial score (nSPS) is 13.5. The molecule has 214 valence electrons. The Bertz CT molecular complexity index is 1570. The lowest BCUT2D eigenvalue weighted by molar-refractivity contribution is -0.384. The molecule has 3 N–H and O–H groups in total. The Kier molecular flexibility index (Phi) is 8.61. The van der Waals surface area contributed by atoms with Crippen molar-refractivity contribution in [3.63, 3.8) is 0 Å². The van der Waals surface area contributed by atoms with Crippen molar-refractivity contribution in [2.24, 2.45) is 0 Å². The molecule has 3 amide bonds. The van der Waals surface area contributed by atoms with E-state index in [0.717, 1.165) is 29.5 Å². The van der Waals surface area contributed by atoms with E-state index in [4.69, 9.17) is 0 Å². The number of anilines is 2. The second-order valence-corrected chi connectivity index (χ2v) is 10.0. The first-order chi connectivity index (χ1) is 20.4. The predicted molar refractivity (Wildman–Crippen MR) is 158 cm³/mol. The molecule has 1 aromatic heterocycles. The van der Waals surface area contributed by atoms with Crippen LogP contribution < -0.4 is 15.5 Å². The average Bonchev–Trinajstić information content (AvgIpc) is 3.53. The van der Waals surface area contributed by atoms with E-state index in [9.17, 15) is 19.7 Å². The molecule has 1 aliphatic rings. The van der Waals surface area contributed by atoms with Crippen molar-refractivity contribution in [1.82, 2.24) is 25.9 Å². The molecule has 1 heterocycles. The number of amides is 3. The zero-order valence-corrected chi connectivity index (χ0v) is 23.0. The summed E-state index contributed by atoms with van der Waals surface area (Å²) in [6.07, 6.45) is 6.79. The van der Waals surface area contributed by atoms with Crippen LogP contribution in [0.25, 0.3) is 5.57 Å². The number of hydrogen-bond donors (Lipinski definition) is 3. The molecule has 0 saturated carbocycles. The Balaban J connectivity index is 1.35. The summed E-state index contributed by atoms with van der Waals surface area (Å²) in [4.78, 5) is 38.4.